The van der Waals surface area contributed by atoms with Crippen LogP contribution < -0.4 is 10.1 Å². The van der Waals surface area contributed by atoms with E-state index in [1.165, 1.54) is 0 Å². The van der Waals surface area contributed by atoms with Crippen LogP contribution in [0.2, 0.25) is 0 Å². The highest BCUT2D eigenvalue weighted by atomic mass is 16.6. The lowest BCUT2D eigenvalue weighted by Crippen LogP contribution is -2.33. The Bertz CT molecular complexity index is 357. The third-order valence-electron chi connectivity index (χ3n) is 1.98. The molecule has 0 aliphatic heterocycles. The number of rotatable bonds is 6. The van der Waals surface area contributed by atoms with Gasteiger partial charge < -0.3 is 14.8 Å². The summed E-state index contributed by atoms with van der Waals surface area (Å²) in [4.78, 5) is 11.4. The van der Waals surface area contributed by atoms with Crippen LogP contribution in [0.5, 0.6) is 5.75 Å². The fourth-order valence-electron chi connectivity index (χ4n) is 1.33. The molecule has 4 heteroatoms. The van der Waals surface area contributed by atoms with Crippen LogP contribution >= 0.6 is 0 Å². The van der Waals surface area contributed by atoms with Crippen molar-refractivity contribution in [2.24, 2.45) is 0 Å². The van der Waals surface area contributed by atoms with Gasteiger partial charge in [-0.25, -0.2) is 0 Å². The number of hydrogen-bond acceptors (Lipinski definition) is 4. The molecule has 1 N–H and O–H groups in total. The molecule has 0 amide bonds. The largest absolute Gasteiger partial charge is 0.492 e. The summed E-state index contributed by atoms with van der Waals surface area (Å²) < 4.78 is 10.6. The van der Waals surface area contributed by atoms with E-state index in [-0.39, 0.29) is 12.5 Å². The number of benzene rings is 1. The molecule has 0 fully saturated rings. The standard InChI is InChI=1S/C14H21NO3/c1-14(2,3)18-13(16)11-15-9-10-17-12-7-5-4-6-8-12/h4-8,15H,9-11H2,1-3H3. The summed E-state index contributed by atoms with van der Waals surface area (Å²) in [5.41, 5.74) is -0.431. The molecule has 0 saturated carbocycles. The Kier molecular flexibility index (Phi) is 5.65. The average Bonchev–Trinajstić information content (AvgIpc) is 2.27. The molecule has 0 saturated heterocycles. The lowest BCUT2D eigenvalue weighted by atomic mass is 10.2. The highest BCUT2D eigenvalue weighted by Crippen LogP contribution is 2.07. The molecule has 4 nitrogen and oxygen atoms in total. The van der Waals surface area contributed by atoms with E-state index >= 15 is 0 Å². The molecule has 0 spiro atoms. The third kappa shape index (κ3) is 6.91. The van der Waals surface area contributed by atoms with E-state index in [9.17, 15) is 4.79 Å². The summed E-state index contributed by atoms with van der Waals surface area (Å²) >= 11 is 0. The van der Waals surface area contributed by atoms with Crippen LogP contribution in [0, 0.1) is 0 Å². The zero-order valence-electron chi connectivity index (χ0n) is 11.2. The molecule has 100 valence electrons. The van der Waals surface area contributed by atoms with Crippen molar-refractivity contribution in [1.82, 2.24) is 5.32 Å². The molecule has 1 rings (SSSR count). The Hall–Kier alpha value is -1.55. The summed E-state index contributed by atoms with van der Waals surface area (Å²) in [6.45, 7) is 6.88. The zero-order chi connectivity index (χ0) is 13.4. The van der Waals surface area contributed by atoms with E-state index in [2.05, 4.69) is 5.32 Å². The molecule has 0 unspecified atom stereocenters. The van der Waals surface area contributed by atoms with Crippen molar-refractivity contribution < 1.29 is 14.3 Å². The van der Waals surface area contributed by atoms with Gasteiger partial charge in [0.15, 0.2) is 0 Å². The Morgan fingerprint density at radius 2 is 1.89 bits per heavy atom. The van der Waals surface area contributed by atoms with E-state index in [0.29, 0.717) is 13.2 Å². The first-order valence-electron chi connectivity index (χ1n) is 6.08. The van der Waals surface area contributed by atoms with Gasteiger partial charge in [0.1, 0.15) is 18.0 Å². The number of para-hydroxylation sites is 1. The van der Waals surface area contributed by atoms with Crippen LogP contribution in [0.25, 0.3) is 0 Å². The lowest BCUT2D eigenvalue weighted by Gasteiger charge is -2.19. The van der Waals surface area contributed by atoms with Gasteiger partial charge in [-0.3, -0.25) is 4.79 Å². The molecule has 0 atom stereocenters. The van der Waals surface area contributed by atoms with Gasteiger partial charge in [-0.15, -0.1) is 0 Å². The van der Waals surface area contributed by atoms with Crippen molar-refractivity contribution in [3.8, 4) is 5.75 Å². The van der Waals surface area contributed by atoms with Gasteiger partial charge in [0.25, 0.3) is 0 Å². The third-order valence-corrected chi connectivity index (χ3v) is 1.98. The Labute approximate surface area is 108 Å². The molecule has 0 heterocycles. The smallest absolute Gasteiger partial charge is 0.320 e. The second-order valence-corrected chi connectivity index (χ2v) is 4.92. The first kappa shape index (κ1) is 14.5. The predicted molar refractivity (Wildman–Crippen MR) is 70.7 cm³/mol. The summed E-state index contributed by atoms with van der Waals surface area (Å²) in [7, 11) is 0. The lowest BCUT2D eigenvalue weighted by molar-refractivity contribution is -0.153. The fraction of sp³-hybridized carbons (Fsp3) is 0.500. The highest BCUT2D eigenvalue weighted by Gasteiger charge is 2.15. The van der Waals surface area contributed by atoms with E-state index in [1.54, 1.807) is 0 Å². The van der Waals surface area contributed by atoms with Crippen molar-refractivity contribution in [1.29, 1.82) is 0 Å². The molecule has 0 aliphatic rings. The maximum atomic E-state index is 11.4. The molecular formula is C14H21NO3. The first-order valence-corrected chi connectivity index (χ1v) is 6.08. The Morgan fingerprint density at radius 3 is 2.50 bits per heavy atom. The van der Waals surface area contributed by atoms with Crippen molar-refractivity contribution in [3.05, 3.63) is 30.3 Å². The normalized spacial score (nSPS) is 11.1. The minimum atomic E-state index is -0.431. The number of carbonyl (C=O) groups is 1. The topological polar surface area (TPSA) is 47.6 Å². The van der Waals surface area contributed by atoms with Gasteiger partial charge in [-0.1, -0.05) is 18.2 Å². The molecule has 0 bridgehead atoms. The molecule has 18 heavy (non-hydrogen) atoms. The van der Waals surface area contributed by atoms with Gasteiger partial charge in [0, 0.05) is 6.54 Å². The van der Waals surface area contributed by atoms with Crippen LogP contribution in [0.15, 0.2) is 30.3 Å². The predicted octanol–water partition coefficient (Wildman–Crippen LogP) is 2.00. The minimum Gasteiger partial charge on any atom is -0.492 e. The van der Waals surface area contributed by atoms with Gasteiger partial charge in [0.05, 0.1) is 6.54 Å². The highest BCUT2D eigenvalue weighted by molar-refractivity contribution is 5.72. The molecule has 0 aromatic heterocycles. The van der Waals surface area contributed by atoms with Crippen LogP contribution in [-0.4, -0.2) is 31.3 Å². The monoisotopic (exact) mass is 251 g/mol. The van der Waals surface area contributed by atoms with Crippen LogP contribution in [0.4, 0.5) is 0 Å². The number of esters is 1. The quantitative estimate of drug-likeness (QED) is 0.620. The van der Waals surface area contributed by atoms with Crippen LogP contribution in [0.1, 0.15) is 20.8 Å². The average molecular weight is 251 g/mol. The SMILES string of the molecule is CC(C)(C)OC(=O)CNCCOc1ccccc1. The van der Waals surface area contributed by atoms with E-state index in [0.717, 1.165) is 5.75 Å². The Morgan fingerprint density at radius 1 is 1.22 bits per heavy atom. The van der Waals surface area contributed by atoms with E-state index in [1.807, 2.05) is 51.1 Å². The summed E-state index contributed by atoms with van der Waals surface area (Å²) in [6, 6.07) is 9.57. The maximum Gasteiger partial charge on any atom is 0.320 e. The van der Waals surface area contributed by atoms with Gasteiger partial charge in [0.2, 0.25) is 0 Å². The number of ether oxygens (including phenoxy) is 2. The van der Waals surface area contributed by atoms with E-state index < -0.39 is 5.60 Å². The maximum absolute atomic E-state index is 11.4. The van der Waals surface area contributed by atoms with Crippen LogP contribution in [0.3, 0.4) is 0 Å². The number of nitrogens with one attached hydrogen (secondary N) is 1. The minimum absolute atomic E-state index is 0.204. The second-order valence-electron chi connectivity index (χ2n) is 4.92. The summed E-state index contributed by atoms with van der Waals surface area (Å²) in [6.07, 6.45) is 0. The van der Waals surface area contributed by atoms with Gasteiger partial charge in [-0.2, -0.15) is 0 Å². The van der Waals surface area contributed by atoms with Gasteiger partial charge >= 0.3 is 5.97 Å². The summed E-state index contributed by atoms with van der Waals surface area (Å²) in [5.74, 6) is 0.582. The molecule has 0 aliphatic carbocycles. The first-order chi connectivity index (χ1) is 8.47. The molecule has 0 radical (unpaired) electrons. The summed E-state index contributed by atoms with van der Waals surface area (Å²) in [5, 5.41) is 2.98. The second kappa shape index (κ2) is 7.01. The number of carbonyl (C=O) groups excluding carboxylic acids is 1. The van der Waals surface area contributed by atoms with Gasteiger partial charge in [-0.05, 0) is 32.9 Å². The van der Waals surface area contributed by atoms with Crippen molar-refractivity contribution in [2.45, 2.75) is 26.4 Å². The van der Waals surface area contributed by atoms with Crippen LogP contribution in [-0.2, 0) is 9.53 Å². The van der Waals surface area contributed by atoms with Crippen molar-refractivity contribution in [2.75, 3.05) is 19.7 Å². The van der Waals surface area contributed by atoms with Crippen molar-refractivity contribution in [3.63, 3.8) is 0 Å². The number of hydrogen-bond donors (Lipinski definition) is 1. The van der Waals surface area contributed by atoms with E-state index in [4.69, 9.17) is 9.47 Å². The molecule has 1 aromatic rings. The fourth-order valence-corrected chi connectivity index (χ4v) is 1.33. The van der Waals surface area contributed by atoms with Crippen molar-refractivity contribution >= 4 is 5.97 Å². The molecule has 1 aromatic carbocycles. The zero-order valence-corrected chi connectivity index (χ0v) is 11.2. The Balaban J connectivity index is 2.07. The molecular weight excluding hydrogens is 230 g/mol.